The predicted molar refractivity (Wildman–Crippen MR) is 53.4 cm³/mol. The van der Waals surface area contributed by atoms with Crippen LogP contribution in [0.5, 0.6) is 0 Å². The molecule has 2 N–H and O–H groups in total. The molecule has 1 saturated heterocycles. The first kappa shape index (κ1) is 10.3. The second-order valence-corrected chi connectivity index (χ2v) is 3.49. The summed E-state index contributed by atoms with van der Waals surface area (Å²) in [5.41, 5.74) is 0. The molecule has 0 aromatic carbocycles. The Labute approximate surface area is 79.6 Å². The maximum Gasteiger partial charge on any atom is 0.220 e. The quantitative estimate of drug-likeness (QED) is 0.485. The monoisotopic (exact) mass is 182 g/mol. The van der Waals surface area contributed by atoms with Gasteiger partial charge in [-0.25, -0.2) is 0 Å². The molecule has 13 heavy (non-hydrogen) atoms. The molecule has 0 spiro atoms. The minimum Gasteiger partial charge on any atom is -0.356 e. The lowest BCUT2D eigenvalue weighted by atomic mass is 10.0. The predicted octanol–water partition coefficient (Wildman–Crippen LogP) is 0.678. The average molecular weight is 182 g/mol. The van der Waals surface area contributed by atoms with Gasteiger partial charge in [0.2, 0.25) is 5.91 Å². The second-order valence-electron chi connectivity index (χ2n) is 3.49. The van der Waals surface area contributed by atoms with Crippen LogP contribution in [0.3, 0.4) is 0 Å². The Morgan fingerprint density at radius 2 is 2.54 bits per heavy atom. The summed E-state index contributed by atoms with van der Waals surface area (Å²) in [5, 5.41) is 6.12. The first-order chi connectivity index (χ1) is 6.33. The topological polar surface area (TPSA) is 41.1 Å². The SMILES string of the molecule is C=CCCNC(=O)CC1CCNC1. The molecule has 0 bridgehead atoms. The molecule has 1 heterocycles. The van der Waals surface area contributed by atoms with Crippen molar-refractivity contribution in [2.75, 3.05) is 19.6 Å². The van der Waals surface area contributed by atoms with E-state index < -0.39 is 0 Å². The molecule has 3 heteroatoms. The minimum atomic E-state index is 0.176. The zero-order valence-corrected chi connectivity index (χ0v) is 8.01. The standard InChI is InChI=1S/C10H18N2O/c1-2-3-5-12-10(13)7-9-4-6-11-8-9/h2,9,11H,1,3-8H2,(H,12,13). The van der Waals surface area contributed by atoms with Gasteiger partial charge in [0, 0.05) is 13.0 Å². The Balaban J connectivity index is 2.05. The maximum absolute atomic E-state index is 11.3. The molecule has 0 radical (unpaired) electrons. The van der Waals surface area contributed by atoms with Crippen LogP contribution in [0, 0.1) is 5.92 Å². The highest BCUT2D eigenvalue weighted by atomic mass is 16.1. The van der Waals surface area contributed by atoms with E-state index in [1.807, 2.05) is 6.08 Å². The van der Waals surface area contributed by atoms with E-state index in [0.29, 0.717) is 12.3 Å². The Kier molecular flexibility index (Phi) is 4.54. The second kappa shape index (κ2) is 5.75. The molecule has 3 nitrogen and oxygen atoms in total. The highest BCUT2D eigenvalue weighted by Crippen LogP contribution is 2.11. The van der Waals surface area contributed by atoms with E-state index in [0.717, 1.165) is 32.5 Å². The Bertz CT molecular complexity index is 174. The molecule has 1 fully saturated rings. The van der Waals surface area contributed by atoms with E-state index >= 15 is 0 Å². The van der Waals surface area contributed by atoms with Crippen molar-refractivity contribution in [1.29, 1.82) is 0 Å². The largest absolute Gasteiger partial charge is 0.356 e. The molecule has 1 aliphatic heterocycles. The van der Waals surface area contributed by atoms with Crippen LogP contribution in [-0.4, -0.2) is 25.5 Å². The van der Waals surface area contributed by atoms with Gasteiger partial charge in [-0.2, -0.15) is 0 Å². The van der Waals surface area contributed by atoms with Crippen LogP contribution < -0.4 is 10.6 Å². The highest BCUT2D eigenvalue weighted by molar-refractivity contribution is 5.76. The van der Waals surface area contributed by atoms with Gasteiger partial charge in [0.1, 0.15) is 0 Å². The lowest BCUT2D eigenvalue weighted by molar-refractivity contribution is -0.121. The summed E-state index contributed by atoms with van der Waals surface area (Å²) in [7, 11) is 0. The van der Waals surface area contributed by atoms with Crippen LogP contribution in [0.1, 0.15) is 19.3 Å². The van der Waals surface area contributed by atoms with Gasteiger partial charge in [0.25, 0.3) is 0 Å². The third-order valence-corrected chi connectivity index (χ3v) is 2.31. The van der Waals surface area contributed by atoms with Gasteiger partial charge in [-0.1, -0.05) is 6.08 Å². The summed E-state index contributed by atoms with van der Waals surface area (Å²) in [5.74, 6) is 0.722. The number of hydrogen-bond acceptors (Lipinski definition) is 2. The first-order valence-electron chi connectivity index (χ1n) is 4.91. The minimum absolute atomic E-state index is 0.176. The van der Waals surface area contributed by atoms with Crippen LogP contribution in [0.15, 0.2) is 12.7 Å². The molecule has 1 aliphatic rings. The average Bonchev–Trinajstić information content (AvgIpc) is 2.57. The van der Waals surface area contributed by atoms with Gasteiger partial charge in [-0.05, 0) is 31.8 Å². The summed E-state index contributed by atoms with van der Waals surface area (Å²) < 4.78 is 0. The third-order valence-electron chi connectivity index (χ3n) is 2.31. The van der Waals surface area contributed by atoms with Crippen molar-refractivity contribution in [1.82, 2.24) is 10.6 Å². The van der Waals surface area contributed by atoms with Crippen molar-refractivity contribution in [2.45, 2.75) is 19.3 Å². The number of carbonyl (C=O) groups is 1. The van der Waals surface area contributed by atoms with Gasteiger partial charge in [-0.3, -0.25) is 4.79 Å². The maximum atomic E-state index is 11.3. The third kappa shape index (κ3) is 4.08. The molecular weight excluding hydrogens is 164 g/mol. The Hall–Kier alpha value is -0.830. The van der Waals surface area contributed by atoms with Crippen LogP contribution in [0.2, 0.25) is 0 Å². The van der Waals surface area contributed by atoms with Crippen molar-refractivity contribution >= 4 is 5.91 Å². The molecule has 1 rings (SSSR count). The van der Waals surface area contributed by atoms with Gasteiger partial charge in [-0.15, -0.1) is 6.58 Å². The summed E-state index contributed by atoms with van der Waals surface area (Å²) in [6, 6.07) is 0. The summed E-state index contributed by atoms with van der Waals surface area (Å²) >= 11 is 0. The van der Waals surface area contributed by atoms with Crippen molar-refractivity contribution in [3.05, 3.63) is 12.7 Å². The summed E-state index contributed by atoms with van der Waals surface area (Å²) in [4.78, 5) is 11.3. The molecule has 0 aromatic heterocycles. The van der Waals surface area contributed by atoms with E-state index in [1.165, 1.54) is 0 Å². The molecule has 74 valence electrons. The number of carbonyl (C=O) groups excluding carboxylic acids is 1. The van der Waals surface area contributed by atoms with E-state index in [1.54, 1.807) is 0 Å². The van der Waals surface area contributed by atoms with Crippen LogP contribution in [0.25, 0.3) is 0 Å². The normalized spacial score (nSPS) is 21.4. The molecule has 0 aliphatic carbocycles. The zero-order chi connectivity index (χ0) is 9.52. The highest BCUT2D eigenvalue weighted by Gasteiger charge is 2.17. The van der Waals surface area contributed by atoms with Gasteiger partial charge in [0.15, 0.2) is 0 Å². The summed E-state index contributed by atoms with van der Waals surface area (Å²) in [6.07, 6.45) is 4.48. The molecular formula is C10H18N2O. The van der Waals surface area contributed by atoms with Crippen molar-refractivity contribution in [2.24, 2.45) is 5.92 Å². The first-order valence-corrected chi connectivity index (χ1v) is 4.91. The zero-order valence-electron chi connectivity index (χ0n) is 8.01. The number of rotatable bonds is 5. The van der Waals surface area contributed by atoms with Gasteiger partial charge >= 0.3 is 0 Å². The fraction of sp³-hybridized carbons (Fsp3) is 0.700. The van der Waals surface area contributed by atoms with Crippen LogP contribution in [0.4, 0.5) is 0 Å². The number of hydrogen-bond donors (Lipinski definition) is 2. The van der Waals surface area contributed by atoms with Crippen molar-refractivity contribution in [3.63, 3.8) is 0 Å². The molecule has 1 atom stereocenters. The van der Waals surface area contributed by atoms with Gasteiger partial charge < -0.3 is 10.6 Å². The fourth-order valence-electron chi connectivity index (χ4n) is 1.54. The number of amides is 1. The van der Waals surface area contributed by atoms with E-state index in [9.17, 15) is 4.79 Å². The lowest BCUT2D eigenvalue weighted by Gasteiger charge is -2.07. The van der Waals surface area contributed by atoms with Crippen LogP contribution in [-0.2, 0) is 4.79 Å². The van der Waals surface area contributed by atoms with E-state index in [4.69, 9.17) is 0 Å². The smallest absolute Gasteiger partial charge is 0.220 e. The Morgan fingerprint density at radius 3 is 3.15 bits per heavy atom. The van der Waals surface area contributed by atoms with E-state index in [2.05, 4.69) is 17.2 Å². The molecule has 0 saturated carbocycles. The summed E-state index contributed by atoms with van der Waals surface area (Å²) in [6.45, 7) is 6.38. The van der Waals surface area contributed by atoms with Crippen molar-refractivity contribution < 1.29 is 4.79 Å². The number of nitrogens with one attached hydrogen (secondary N) is 2. The fourth-order valence-corrected chi connectivity index (χ4v) is 1.54. The molecule has 0 aromatic rings. The molecule has 1 unspecified atom stereocenters. The van der Waals surface area contributed by atoms with Gasteiger partial charge in [0.05, 0.1) is 0 Å². The van der Waals surface area contributed by atoms with Crippen molar-refractivity contribution in [3.8, 4) is 0 Å². The Morgan fingerprint density at radius 1 is 1.69 bits per heavy atom. The lowest BCUT2D eigenvalue weighted by Crippen LogP contribution is -2.26. The van der Waals surface area contributed by atoms with Crippen LogP contribution >= 0.6 is 0 Å². The van der Waals surface area contributed by atoms with E-state index in [-0.39, 0.29) is 5.91 Å². The molecule has 1 amide bonds.